The van der Waals surface area contributed by atoms with Gasteiger partial charge in [0, 0.05) is 37.8 Å². The van der Waals surface area contributed by atoms with Gasteiger partial charge in [0.15, 0.2) is 5.82 Å². The zero-order valence-electron chi connectivity index (χ0n) is 18.2. The monoisotopic (exact) mass is 429 g/mol. The Bertz CT molecular complexity index is 1070. The Morgan fingerprint density at radius 2 is 2.13 bits per heavy atom. The van der Waals surface area contributed by atoms with Crippen LogP contribution < -0.4 is 10.2 Å². The summed E-state index contributed by atoms with van der Waals surface area (Å²) in [6.45, 7) is 6.47. The Kier molecular flexibility index (Phi) is 5.55. The zero-order valence-corrected chi connectivity index (χ0v) is 18.2. The molecule has 10 heteroatoms. The van der Waals surface area contributed by atoms with Gasteiger partial charge >= 0.3 is 6.09 Å². The number of halogens is 1. The third-order valence-corrected chi connectivity index (χ3v) is 5.25. The zero-order chi connectivity index (χ0) is 22.2. The smallest absolute Gasteiger partial charge is 0.407 e. The van der Waals surface area contributed by atoms with Gasteiger partial charge in [0.2, 0.25) is 0 Å². The van der Waals surface area contributed by atoms with Crippen molar-refractivity contribution in [1.29, 1.82) is 0 Å². The molecular weight excluding hydrogens is 401 g/mol. The molecule has 0 aliphatic carbocycles. The predicted molar refractivity (Wildman–Crippen MR) is 115 cm³/mol. The number of alkyl carbamates (subject to hydrolysis) is 1. The first-order valence-corrected chi connectivity index (χ1v) is 10.4. The van der Waals surface area contributed by atoms with Crippen molar-refractivity contribution in [2.45, 2.75) is 39.0 Å². The molecule has 2 unspecified atom stereocenters. The van der Waals surface area contributed by atoms with Gasteiger partial charge < -0.3 is 15.0 Å². The molecule has 166 valence electrons. The molecule has 9 nitrogen and oxygen atoms in total. The molecule has 4 rings (SSSR count). The summed E-state index contributed by atoms with van der Waals surface area (Å²) < 4.78 is 23.7. The Balaban J connectivity index is 1.48. The van der Waals surface area contributed by atoms with Gasteiger partial charge in [-0.3, -0.25) is 4.68 Å². The number of anilines is 1. The van der Waals surface area contributed by atoms with Crippen molar-refractivity contribution < 1.29 is 13.9 Å². The van der Waals surface area contributed by atoms with Crippen LogP contribution in [0.5, 0.6) is 0 Å². The van der Waals surface area contributed by atoms with Crippen LogP contribution in [0.15, 0.2) is 30.9 Å². The molecule has 31 heavy (non-hydrogen) atoms. The number of carbonyl (C=O) groups excluding carboxylic acids is 1. The molecule has 0 radical (unpaired) electrons. The van der Waals surface area contributed by atoms with Crippen molar-refractivity contribution in [1.82, 2.24) is 29.7 Å². The first kappa shape index (κ1) is 21.1. The standard InChI is InChI=1S/C21H28FN7O2/c1-21(2,3)31-20(30)23-9-14-6-8-28(12-16(14)22)19-18-5-7-24-29(18)13-17(26-19)15-10-25-27(4)11-15/h5,7,10-11,13-14,16H,6,8-9,12H2,1-4H3,(H,23,30). The lowest BCUT2D eigenvalue weighted by atomic mass is 9.95. The van der Waals surface area contributed by atoms with Crippen molar-refractivity contribution in [3.8, 4) is 11.3 Å². The molecule has 2 atom stereocenters. The minimum Gasteiger partial charge on any atom is -0.444 e. The molecule has 1 N–H and O–H groups in total. The summed E-state index contributed by atoms with van der Waals surface area (Å²) in [6.07, 6.45) is 6.15. The number of hydrogen-bond acceptors (Lipinski definition) is 6. The van der Waals surface area contributed by atoms with Crippen LogP contribution in [0.2, 0.25) is 0 Å². The first-order valence-electron chi connectivity index (χ1n) is 10.4. The Morgan fingerprint density at radius 1 is 1.32 bits per heavy atom. The lowest BCUT2D eigenvalue weighted by Crippen LogP contribution is -2.47. The quantitative estimate of drug-likeness (QED) is 0.686. The predicted octanol–water partition coefficient (Wildman–Crippen LogP) is 2.82. The number of aryl methyl sites for hydroxylation is 1. The van der Waals surface area contributed by atoms with Gasteiger partial charge in [-0.05, 0) is 33.3 Å². The Morgan fingerprint density at radius 3 is 2.81 bits per heavy atom. The highest BCUT2D eigenvalue weighted by molar-refractivity contribution is 5.73. The van der Waals surface area contributed by atoms with E-state index in [9.17, 15) is 4.79 Å². The van der Waals surface area contributed by atoms with Gasteiger partial charge in [0.25, 0.3) is 0 Å². The van der Waals surface area contributed by atoms with Crippen molar-refractivity contribution in [3.63, 3.8) is 0 Å². The van der Waals surface area contributed by atoms with E-state index in [1.165, 1.54) is 0 Å². The molecule has 0 bridgehead atoms. The van der Waals surface area contributed by atoms with Gasteiger partial charge in [0.05, 0.1) is 30.8 Å². The minimum absolute atomic E-state index is 0.199. The number of ether oxygens (including phenoxy) is 1. The van der Waals surface area contributed by atoms with E-state index >= 15 is 4.39 Å². The number of hydrogen-bond donors (Lipinski definition) is 1. The number of aromatic nitrogens is 5. The van der Waals surface area contributed by atoms with Gasteiger partial charge in [-0.2, -0.15) is 10.2 Å². The summed E-state index contributed by atoms with van der Waals surface area (Å²) in [5.41, 5.74) is 1.84. The lowest BCUT2D eigenvalue weighted by Gasteiger charge is -2.35. The molecule has 3 aromatic heterocycles. The molecule has 1 fully saturated rings. The molecule has 0 aromatic carbocycles. The molecule has 1 aliphatic heterocycles. The molecule has 0 spiro atoms. The second-order valence-electron chi connectivity index (χ2n) is 8.91. The van der Waals surface area contributed by atoms with Crippen LogP contribution in [-0.4, -0.2) is 61.9 Å². The second-order valence-corrected chi connectivity index (χ2v) is 8.91. The molecule has 1 saturated heterocycles. The van der Waals surface area contributed by atoms with E-state index in [1.54, 1.807) is 42.4 Å². The minimum atomic E-state index is -1.10. The van der Waals surface area contributed by atoms with Gasteiger partial charge in [-0.15, -0.1) is 0 Å². The molecule has 4 heterocycles. The van der Waals surface area contributed by atoms with Crippen LogP contribution in [0.3, 0.4) is 0 Å². The van der Waals surface area contributed by atoms with E-state index in [4.69, 9.17) is 9.72 Å². The SMILES string of the molecule is Cn1cc(-c2cn3nccc3c(N3CCC(CNC(=O)OC(C)(C)C)C(F)C3)n2)cn1. The summed E-state index contributed by atoms with van der Waals surface area (Å²) >= 11 is 0. The molecule has 1 aliphatic rings. The van der Waals surface area contributed by atoms with Crippen molar-refractivity contribution in [2.24, 2.45) is 13.0 Å². The number of fused-ring (bicyclic) bond motifs is 1. The molecule has 1 amide bonds. The van der Waals surface area contributed by atoms with Crippen LogP contribution in [0.1, 0.15) is 27.2 Å². The summed E-state index contributed by atoms with van der Waals surface area (Å²) in [6, 6.07) is 1.87. The van der Waals surface area contributed by atoms with Crippen molar-refractivity contribution >= 4 is 17.4 Å². The Hall–Kier alpha value is -3.17. The summed E-state index contributed by atoms with van der Waals surface area (Å²) in [5, 5.41) is 11.3. The largest absolute Gasteiger partial charge is 0.444 e. The highest BCUT2D eigenvalue weighted by atomic mass is 19.1. The van der Waals surface area contributed by atoms with Crippen LogP contribution in [-0.2, 0) is 11.8 Å². The van der Waals surface area contributed by atoms with Crippen molar-refractivity contribution in [2.75, 3.05) is 24.5 Å². The van der Waals surface area contributed by atoms with Gasteiger partial charge in [0.1, 0.15) is 17.3 Å². The maximum Gasteiger partial charge on any atom is 0.407 e. The van der Waals surface area contributed by atoms with E-state index in [0.717, 1.165) is 16.8 Å². The van der Waals surface area contributed by atoms with Gasteiger partial charge in [-0.1, -0.05) is 0 Å². The van der Waals surface area contributed by atoms with E-state index in [-0.39, 0.29) is 19.0 Å². The maximum absolute atomic E-state index is 15.0. The molecule has 3 aromatic rings. The first-order chi connectivity index (χ1) is 14.7. The van der Waals surface area contributed by atoms with E-state index in [0.29, 0.717) is 18.8 Å². The van der Waals surface area contributed by atoms with E-state index in [2.05, 4.69) is 15.5 Å². The highest BCUT2D eigenvalue weighted by Gasteiger charge is 2.31. The number of nitrogens with zero attached hydrogens (tertiary/aromatic N) is 6. The number of amides is 1. The normalized spacial score (nSPS) is 19.6. The van der Waals surface area contributed by atoms with Crippen LogP contribution in [0.25, 0.3) is 16.8 Å². The van der Waals surface area contributed by atoms with Crippen LogP contribution in [0.4, 0.5) is 15.0 Å². The lowest BCUT2D eigenvalue weighted by molar-refractivity contribution is 0.0505. The number of rotatable bonds is 4. The average Bonchev–Trinajstić information content (AvgIpc) is 3.33. The Labute approximate surface area is 180 Å². The second kappa shape index (κ2) is 8.16. The van der Waals surface area contributed by atoms with Crippen LogP contribution in [0, 0.1) is 5.92 Å². The fraction of sp³-hybridized carbons (Fsp3) is 0.524. The topological polar surface area (TPSA) is 89.6 Å². The summed E-state index contributed by atoms with van der Waals surface area (Å²) in [4.78, 5) is 18.7. The summed E-state index contributed by atoms with van der Waals surface area (Å²) in [7, 11) is 1.85. The summed E-state index contributed by atoms with van der Waals surface area (Å²) in [5.74, 6) is 0.422. The molecular formula is C21H28FN7O2. The highest BCUT2D eigenvalue weighted by Crippen LogP contribution is 2.29. The van der Waals surface area contributed by atoms with E-state index < -0.39 is 17.9 Å². The third kappa shape index (κ3) is 4.78. The van der Waals surface area contributed by atoms with Crippen LogP contribution >= 0.6 is 0 Å². The number of carbonyl (C=O) groups is 1. The number of nitrogens with one attached hydrogen (secondary N) is 1. The number of alkyl halides is 1. The fourth-order valence-electron chi connectivity index (χ4n) is 3.74. The molecule has 0 saturated carbocycles. The third-order valence-electron chi connectivity index (χ3n) is 5.25. The average molecular weight is 430 g/mol. The number of piperidine rings is 1. The van der Waals surface area contributed by atoms with Crippen molar-refractivity contribution in [3.05, 3.63) is 30.9 Å². The maximum atomic E-state index is 15.0. The van der Waals surface area contributed by atoms with Gasteiger partial charge in [-0.25, -0.2) is 18.7 Å². The fourth-order valence-corrected chi connectivity index (χ4v) is 3.74. The van der Waals surface area contributed by atoms with E-state index in [1.807, 2.05) is 30.4 Å².